The van der Waals surface area contributed by atoms with Crippen molar-refractivity contribution in [3.8, 4) is 11.3 Å². The van der Waals surface area contributed by atoms with Crippen molar-refractivity contribution in [1.29, 1.82) is 0 Å². The Morgan fingerprint density at radius 3 is 2.26 bits per heavy atom. The van der Waals surface area contributed by atoms with Crippen LogP contribution in [0.25, 0.3) is 11.3 Å². The number of thioether (sulfide) groups is 1. The minimum Gasteiger partial charge on any atom is -0.325 e. The molecule has 0 bridgehead atoms. The Bertz CT molecular complexity index is 1020. The van der Waals surface area contributed by atoms with Crippen LogP contribution < -0.4 is 10.5 Å². The SMILES string of the molecule is NS(=O)(=O)c1ccc(NC(=O)CSc2ccc(-c3ccccc3)nn2)cc1. The molecule has 0 atom stereocenters. The number of rotatable bonds is 6. The summed E-state index contributed by atoms with van der Waals surface area (Å²) in [6.07, 6.45) is 0. The van der Waals surface area contributed by atoms with Crippen LogP contribution in [0.5, 0.6) is 0 Å². The van der Waals surface area contributed by atoms with Crippen LogP contribution in [0.2, 0.25) is 0 Å². The molecule has 0 saturated carbocycles. The Morgan fingerprint density at radius 1 is 0.963 bits per heavy atom. The van der Waals surface area contributed by atoms with Crippen molar-refractivity contribution in [3.05, 3.63) is 66.7 Å². The second-order valence-corrected chi connectivity index (χ2v) is 8.09. The number of hydrogen-bond acceptors (Lipinski definition) is 6. The number of primary sulfonamides is 1. The van der Waals surface area contributed by atoms with Gasteiger partial charge < -0.3 is 5.32 Å². The van der Waals surface area contributed by atoms with Gasteiger partial charge in [-0.05, 0) is 36.4 Å². The van der Waals surface area contributed by atoms with Crippen LogP contribution in [0.1, 0.15) is 0 Å². The molecule has 3 aromatic rings. The number of nitrogens with zero attached hydrogens (tertiary/aromatic N) is 2. The lowest BCUT2D eigenvalue weighted by Gasteiger charge is -2.06. The van der Waals surface area contributed by atoms with Crippen molar-refractivity contribution >= 4 is 33.4 Å². The van der Waals surface area contributed by atoms with Crippen molar-refractivity contribution in [2.24, 2.45) is 5.14 Å². The summed E-state index contributed by atoms with van der Waals surface area (Å²) in [5.41, 5.74) is 2.22. The van der Waals surface area contributed by atoms with Crippen LogP contribution in [0.15, 0.2) is 76.7 Å². The predicted octanol–water partition coefficient (Wildman–Crippen LogP) is 2.52. The van der Waals surface area contributed by atoms with Gasteiger partial charge in [-0.2, -0.15) is 0 Å². The summed E-state index contributed by atoms with van der Waals surface area (Å²) in [4.78, 5) is 12.0. The van der Waals surface area contributed by atoms with Gasteiger partial charge in [0.2, 0.25) is 15.9 Å². The van der Waals surface area contributed by atoms with Crippen LogP contribution in [0.4, 0.5) is 5.69 Å². The third kappa shape index (κ3) is 5.36. The summed E-state index contributed by atoms with van der Waals surface area (Å²) in [6.45, 7) is 0. The maximum Gasteiger partial charge on any atom is 0.238 e. The van der Waals surface area contributed by atoms with E-state index in [0.717, 1.165) is 11.3 Å². The molecule has 0 aliphatic rings. The van der Waals surface area contributed by atoms with Crippen LogP contribution in [0, 0.1) is 0 Å². The van der Waals surface area contributed by atoms with Crippen molar-refractivity contribution in [2.45, 2.75) is 9.92 Å². The second kappa shape index (κ2) is 8.30. The minimum atomic E-state index is -3.75. The number of carbonyl (C=O) groups excluding carboxylic acids is 1. The summed E-state index contributed by atoms with van der Waals surface area (Å²) >= 11 is 1.26. The van der Waals surface area contributed by atoms with Crippen LogP contribution in [0.3, 0.4) is 0 Å². The van der Waals surface area contributed by atoms with Crippen molar-refractivity contribution in [1.82, 2.24) is 10.2 Å². The Kier molecular flexibility index (Phi) is 5.84. The minimum absolute atomic E-state index is 0.0105. The van der Waals surface area contributed by atoms with E-state index in [1.807, 2.05) is 42.5 Å². The molecule has 3 N–H and O–H groups in total. The summed E-state index contributed by atoms with van der Waals surface area (Å²) in [6, 6.07) is 19.0. The topological polar surface area (TPSA) is 115 Å². The molecule has 0 unspecified atom stereocenters. The molecule has 0 aliphatic heterocycles. The molecule has 27 heavy (non-hydrogen) atoms. The second-order valence-electron chi connectivity index (χ2n) is 5.53. The maximum atomic E-state index is 12.0. The highest BCUT2D eigenvalue weighted by atomic mass is 32.2. The Balaban J connectivity index is 1.54. The number of benzene rings is 2. The average Bonchev–Trinajstić information content (AvgIpc) is 2.67. The van der Waals surface area contributed by atoms with E-state index in [4.69, 9.17) is 5.14 Å². The highest BCUT2D eigenvalue weighted by Gasteiger charge is 2.09. The first kappa shape index (κ1) is 19.0. The molecule has 9 heteroatoms. The highest BCUT2D eigenvalue weighted by molar-refractivity contribution is 7.99. The van der Waals surface area contributed by atoms with E-state index in [1.165, 1.54) is 36.0 Å². The molecule has 1 amide bonds. The summed E-state index contributed by atoms with van der Waals surface area (Å²) < 4.78 is 22.4. The molecule has 1 aromatic heterocycles. The summed E-state index contributed by atoms with van der Waals surface area (Å²) in [7, 11) is -3.75. The molecular formula is C18H16N4O3S2. The standard InChI is InChI=1S/C18H16N4O3S2/c19-27(24,25)15-8-6-14(7-9-15)20-17(23)12-26-18-11-10-16(21-22-18)13-4-2-1-3-5-13/h1-11H,12H2,(H,20,23)(H2,19,24,25). The number of amides is 1. The van der Waals surface area contributed by atoms with E-state index in [0.29, 0.717) is 10.7 Å². The number of nitrogens with one attached hydrogen (secondary N) is 1. The molecule has 0 spiro atoms. The number of aromatic nitrogens is 2. The van der Waals surface area contributed by atoms with E-state index in [1.54, 1.807) is 0 Å². The first-order chi connectivity index (χ1) is 12.9. The fourth-order valence-corrected chi connectivity index (χ4v) is 3.35. The van der Waals surface area contributed by atoms with E-state index in [9.17, 15) is 13.2 Å². The number of nitrogens with two attached hydrogens (primary N) is 1. The third-order valence-electron chi connectivity index (χ3n) is 3.53. The summed E-state index contributed by atoms with van der Waals surface area (Å²) in [5.74, 6) is -0.0895. The Hall–Kier alpha value is -2.75. The fourth-order valence-electron chi connectivity index (χ4n) is 2.22. The lowest BCUT2D eigenvalue weighted by molar-refractivity contribution is -0.113. The normalized spacial score (nSPS) is 11.1. The molecular weight excluding hydrogens is 384 g/mol. The van der Waals surface area contributed by atoms with Crippen LogP contribution >= 0.6 is 11.8 Å². The first-order valence-corrected chi connectivity index (χ1v) is 10.4. The lowest BCUT2D eigenvalue weighted by atomic mass is 10.1. The molecule has 0 fully saturated rings. The smallest absolute Gasteiger partial charge is 0.238 e. The quantitative estimate of drug-likeness (QED) is 0.615. The third-order valence-corrected chi connectivity index (χ3v) is 5.38. The van der Waals surface area contributed by atoms with Gasteiger partial charge >= 0.3 is 0 Å². The Labute approximate surface area is 161 Å². The zero-order chi connectivity index (χ0) is 19.3. The molecule has 3 rings (SSSR count). The number of carbonyl (C=O) groups is 1. The van der Waals surface area contributed by atoms with E-state index >= 15 is 0 Å². The number of anilines is 1. The summed E-state index contributed by atoms with van der Waals surface area (Å²) in [5, 5.41) is 16.7. The monoisotopic (exact) mass is 400 g/mol. The van der Waals surface area contributed by atoms with Crippen LogP contribution in [-0.2, 0) is 14.8 Å². The highest BCUT2D eigenvalue weighted by Crippen LogP contribution is 2.20. The van der Waals surface area contributed by atoms with E-state index < -0.39 is 10.0 Å². The zero-order valence-corrected chi connectivity index (χ0v) is 15.7. The molecule has 0 radical (unpaired) electrons. The van der Waals surface area contributed by atoms with Gasteiger partial charge in [-0.1, -0.05) is 42.1 Å². The van der Waals surface area contributed by atoms with Gasteiger partial charge in [0.25, 0.3) is 0 Å². The van der Waals surface area contributed by atoms with Crippen molar-refractivity contribution in [2.75, 3.05) is 11.1 Å². The van der Waals surface area contributed by atoms with Gasteiger partial charge in [-0.25, -0.2) is 13.6 Å². The van der Waals surface area contributed by atoms with Crippen molar-refractivity contribution < 1.29 is 13.2 Å². The van der Waals surface area contributed by atoms with E-state index in [-0.39, 0.29) is 16.6 Å². The largest absolute Gasteiger partial charge is 0.325 e. The first-order valence-electron chi connectivity index (χ1n) is 7.86. The van der Waals surface area contributed by atoms with Gasteiger partial charge in [-0.3, -0.25) is 4.79 Å². The lowest BCUT2D eigenvalue weighted by Crippen LogP contribution is -2.15. The zero-order valence-electron chi connectivity index (χ0n) is 14.1. The maximum absolute atomic E-state index is 12.0. The number of hydrogen-bond donors (Lipinski definition) is 2. The van der Waals surface area contributed by atoms with E-state index in [2.05, 4.69) is 15.5 Å². The van der Waals surface area contributed by atoms with Gasteiger partial charge in [-0.15, -0.1) is 10.2 Å². The van der Waals surface area contributed by atoms with Crippen molar-refractivity contribution in [3.63, 3.8) is 0 Å². The molecule has 138 valence electrons. The molecule has 0 saturated heterocycles. The average molecular weight is 400 g/mol. The molecule has 7 nitrogen and oxygen atoms in total. The molecule has 0 aliphatic carbocycles. The van der Waals surface area contributed by atoms with Gasteiger partial charge in [0.1, 0.15) is 5.03 Å². The fraction of sp³-hybridized carbons (Fsp3) is 0.0556. The van der Waals surface area contributed by atoms with Gasteiger partial charge in [0.15, 0.2) is 0 Å². The predicted molar refractivity (Wildman–Crippen MR) is 105 cm³/mol. The number of sulfonamides is 1. The Morgan fingerprint density at radius 2 is 1.67 bits per heavy atom. The molecule has 1 heterocycles. The van der Waals surface area contributed by atoms with Gasteiger partial charge in [0, 0.05) is 11.3 Å². The van der Waals surface area contributed by atoms with Gasteiger partial charge in [0.05, 0.1) is 16.3 Å². The molecule has 2 aromatic carbocycles. The van der Waals surface area contributed by atoms with Crippen LogP contribution in [-0.4, -0.2) is 30.3 Å².